The molecule has 9 heteroatoms. The number of carboxylic acids is 1. The smallest absolute Gasteiger partial charge is 0.534 e. The van der Waals surface area contributed by atoms with E-state index in [9.17, 15) is 24.5 Å². The molecule has 1 amide bonds. The first-order chi connectivity index (χ1) is 11.3. The van der Waals surface area contributed by atoms with Gasteiger partial charge in [0.1, 0.15) is 22.8 Å². The van der Waals surface area contributed by atoms with Gasteiger partial charge in [-0.3, -0.25) is 4.79 Å². The van der Waals surface area contributed by atoms with E-state index in [1.807, 2.05) is 0 Å². The van der Waals surface area contributed by atoms with Crippen molar-refractivity contribution in [2.75, 3.05) is 7.11 Å². The van der Waals surface area contributed by atoms with E-state index in [0.29, 0.717) is 11.3 Å². The lowest BCUT2D eigenvalue weighted by Gasteiger charge is -2.29. The number of hydrogen-bond donors (Lipinski definition) is 3. The fourth-order valence-electron chi connectivity index (χ4n) is 2.46. The van der Waals surface area contributed by atoms with Crippen LogP contribution in [0, 0.1) is 0 Å². The number of Topliss-reactive ketones (excluding diaryl/α,β-unsaturated/α-hetero) is 1. The van der Waals surface area contributed by atoms with Crippen molar-refractivity contribution >= 4 is 24.8 Å². The van der Waals surface area contributed by atoms with Crippen LogP contribution in [0.4, 0.5) is 0 Å². The highest BCUT2D eigenvalue weighted by Crippen LogP contribution is 2.34. The second-order valence-electron chi connectivity index (χ2n) is 5.56. The second kappa shape index (κ2) is 7.35. The molecule has 1 aromatic carbocycles. The average Bonchev–Trinajstić information content (AvgIpc) is 2.52. The van der Waals surface area contributed by atoms with Gasteiger partial charge in [-0.2, -0.15) is 0 Å². The van der Waals surface area contributed by atoms with Gasteiger partial charge in [0.25, 0.3) is 0 Å². The molecule has 1 aliphatic heterocycles. The quantitative estimate of drug-likeness (QED) is 0.635. The number of benzene rings is 1. The summed E-state index contributed by atoms with van der Waals surface area (Å²) < 4.78 is 10.4. The van der Waals surface area contributed by atoms with Crippen molar-refractivity contribution in [3.8, 4) is 11.5 Å². The monoisotopic (exact) mass is 335 g/mol. The molecule has 0 aromatic heterocycles. The van der Waals surface area contributed by atoms with E-state index in [1.165, 1.54) is 20.1 Å². The maximum Gasteiger partial charge on any atom is 0.547 e. The number of nitrogens with one attached hydrogen (secondary N) is 1. The minimum absolute atomic E-state index is 0.0178. The number of amides is 1. The second-order valence-corrected chi connectivity index (χ2v) is 5.56. The molecule has 3 N–H and O–H groups in total. The Kier molecular flexibility index (Phi) is 5.45. The molecule has 0 spiro atoms. The molecule has 1 atom stereocenters. The number of ketones is 1. The van der Waals surface area contributed by atoms with Gasteiger partial charge in [-0.1, -0.05) is 0 Å². The first kappa shape index (κ1) is 17.8. The molecule has 0 aliphatic carbocycles. The molecule has 1 heterocycles. The van der Waals surface area contributed by atoms with E-state index in [1.54, 1.807) is 6.07 Å². The van der Waals surface area contributed by atoms with Crippen LogP contribution in [-0.2, 0) is 16.0 Å². The van der Waals surface area contributed by atoms with Crippen LogP contribution in [0.15, 0.2) is 12.1 Å². The third-order valence-electron chi connectivity index (χ3n) is 3.68. The van der Waals surface area contributed by atoms with Gasteiger partial charge in [0.05, 0.1) is 13.1 Å². The molecule has 0 fully saturated rings. The first-order valence-corrected chi connectivity index (χ1v) is 7.39. The van der Waals surface area contributed by atoms with Crippen molar-refractivity contribution in [1.29, 1.82) is 0 Å². The predicted octanol–water partition coefficient (Wildman–Crippen LogP) is 0.202. The maximum absolute atomic E-state index is 11.8. The van der Waals surface area contributed by atoms with Gasteiger partial charge in [0, 0.05) is 12.8 Å². The molecule has 0 saturated carbocycles. The summed E-state index contributed by atoms with van der Waals surface area (Å²) in [5.74, 6) is -2.04. The summed E-state index contributed by atoms with van der Waals surface area (Å²) in [6.45, 7) is 1.39. The molecule has 0 bridgehead atoms. The standard InChI is InChI=1S/C15H18BNO7/c1-8(18)3-4-13(19)17-12-6-9-5-10(23-2)7-11(15(20)21)14(9)24-16(12)22/h5,7,12,22H,3-4,6H2,1-2H3,(H,17,19)(H,20,21). The Morgan fingerprint density at radius 2 is 2.08 bits per heavy atom. The summed E-state index contributed by atoms with van der Waals surface area (Å²) in [6.07, 6.45) is 0.312. The van der Waals surface area contributed by atoms with Crippen molar-refractivity contribution in [1.82, 2.24) is 5.32 Å². The SMILES string of the molecule is COc1cc2c(c(C(=O)O)c1)OB(O)C(NC(=O)CCC(C)=O)C2. The van der Waals surface area contributed by atoms with Gasteiger partial charge in [-0.25, -0.2) is 4.79 Å². The van der Waals surface area contributed by atoms with E-state index >= 15 is 0 Å². The van der Waals surface area contributed by atoms with Crippen molar-refractivity contribution in [2.45, 2.75) is 32.1 Å². The van der Waals surface area contributed by atoms with E-state index < -0.39 is 19.0 Å². The molecule has 1 unspecified atom stereocenters. The number of fused-ring (bicyclic) bond motifs is 1. The molecule has 24 heavy (non-hydrogen) atoms. The zero-order valence-electron chi connectivity index (χ0n) is 13.4. The minimum Gasteiger partial charge on any atom is -0.534 e. The third-order valence-corrected chi connectivity index (χ3v) is 3.68. The molecular formula is C15H18BNO7. The van der Waals surface area contributed by atoms with E-state index in [0.717, 1.165) is 0 Å². The van der Waals surface area contributed by atoms with Gasteiger partial charge in [0.15, 0.2) is 0 Å². The zero-order chi connectivity index (χ0) is 17.9. The van der Waals surface area contributed by atoms with Gasteiger partial charge in [-0.15, -0.1) is 0 Å². The Balaban J connectivity index is 2.19. The Bertz CT molecular complexity index is 676. The number of carboxylic acid groups (broad SMARTS) is 1. The van der Waals surface area contributed by atoms with Crippen molar-refractivity contribution in [3.63, 3.8) is 0 Å². The highest BCUT2D eigenvalue weighted by molar-refractivity contribution is 6.47. The largest absolute Gasteiger partial charge is 0.547 e. The lowest BCUT2D eigenvalue weighted by molar-refractivity contribution is -0.124. The molecule has 0 saturated heterocycles. The first-order valence-electron chi connectivity index (χ1n) is 7.39. The van der Waals surface area contributed by atoms with Gasteiger partial charge in [0.2, 0.25) is 5.91 Å². The number of hydrogen-bond acceptors (Lipinski definition) is 6. The van der Waals surface area contributed by atoms with Gasteiger partial charge in [-0.05, 0) is 31.0 Å². The fourth-order valence-corrected chi connectivity index (χ4v) is 2.46. The number of methoxy groups -OCH3 is 1. The maximum atomic E-state index is 11.8. The lowest BCUT2D eigenvalue weighted by atomic mass is 9.72. The van der Waals surface area contributed by atoms with Crippen LogP contribution in [0.5, 0.6) is 11.5 Å². The Morgan fingerprint density at radius 3 is 2.67 bits per heavy atom. The Morgan fingerprint density at radius 1 is 1.38 bits per heavy atom. The summed E-state index contributed by atoms with van der Waals surface area (Å²) in [4.78, 5) is 34.1. The molecule has 1 aliphatic rings. The molecule has 1 aromatic rings. The average molecular weight is 335 g/mol. The Hall–Kier alpha value is -2.55. The van der Waals surface area contributed by atoms with Crippen LogP contribution in [0.1, 0.15) is 35.7 Å². The van der Waals surface area contributed by atoms with Crippen LogP contribution in [0.25, 0.3) is 0 Å². The number of rotatable bonds is 6. The molecule has 128 valence electrons. The molecular weight excluding hydrogens is 317 g/mol. The van der Waals surface area contributed by atoms with Crippen LogP contribution < -0.4 is 14.7 Å². The molecule has 8 nitrogen and oxygen atoms in total. The third kappa shape index (κ3) is 4.05. The van der Waals surface area contributed by atoms with Gasteiger partial charge < -0.3 is 29.6 Å². The highest BCUT2D eigenvalue weighted by Gasteiger charge is 2.38. The summed E-state index contributed by atoms with van der Waals surface area (Å²) in [5, 5.41) is 21.9. The fraction of sp³-hybridized carbons (Fsp3) is 0.400. The van der Waals surface area contributed by atoms with Crippen molar-refractivity contribution < 1.29 is 33.9 Å². The summed E-state index contributed by atoms with van der Waals surface area (Å²) in [6, 6.07) is 2.90. The lowest BCUT2D eigenvalue weighted by Crippen LogP contribution is -2.53. The topological polar surface area (TPSA) is 122 Å². The number of ether oxygens (including phenoxy) is 1. The predicted molar refractivity (Wildman–Crippen MR) is 84.1 cm³/mol. The van der Waals surface area contributed by atoms with Crippen LogP contribution in [0.3, 0.4) is 0 Å². The summed E-state index contributed by atoms with van der Waals surface area (Å²) in [5.41, 5.74) is 0.388. The zero-order valence-corrected chi connectivity index (χ0v) is 13.4. The van der Waals surface area contributed by atoms with E-state index in [-0.39, 0.29) is 42.3 Å². The van der Waals surface area contributed by atoms with E-state index in [2.05, 4.69) is 5.32 Å². The highest BCUT2D eigenvalue weighted by atomic mass is 16.5. The number of carbonyl (C=O) groups excluding carboxylic acids is 2. The van der Waals surface area contributed by atoms with Crippen molar-refractivity contribution in [3.05, 3.63) is 23.3 Å². The van der Waals surface area contributed by atoms with Crippen LogP contribution in [-0.4, -0.2) is 48.0 Å². The van der Waals surface area contributed by atoms with Crippen LogP contribution >= 0.6 is 0 Å². The van der Waals surface area contributed by atoms with E-state index in [4.69, 9.17) is 9.39 Å². The van der Waals surface area contributed by atoms with Gasteiger partial charge >= 0.3 is 13.1 Å². The minimum atomic E-state index is -1.38. The van der Waals surface area contributed by atoms with Crippen molar-refractivity contribution in [2.24, 2.45) is 0 Å². The summed E-state index contributed by atoms with van der Waals surface area (Å²) in [7, 11) is 0.0256. The van der Waals surface area contributed by atoms with Crippen LogP contribution in [0.2, 0.25) is 0 Å². The molecule has 0 radical (unpaired) electrons. The normalized spacial score (nSPS) is 16.0. The number of aromatic carboxylic acids is 1. The molecule has 2 rings (SSSR count). The Labute approximate surface area is 138 Å². The number of carbonyl (C=O) groups is 3. The summed E-state index contributed by atoms with van der Waals surface area (Å²) >= 11 is 0.